The standard InChI is InChI=1S/C21H26Cl2N2/c1-24-13-4-6-20(24)12-14-25(15-17-8-10-19(22)11-9-17)16-18-5-2-3-7-21(18)23/h2-3,5,7-11,20H,4,6,12-16H2,1H3/t20-/m0/s1. The topological polar surface area (TPSA) is 6.48 Å². The van der Waals surface area contributed by atoms with E-state index in [2.05, 4.69) is 41.1 Å². The van der Waals surface area contributed by atoms with E-state index in [9.17, 15) is 0 Å². The van der Waals surface area contributed by atoms with Crippen LogP contribution in [0.25, 0.3) is 0 Å². The Kier molecular flexibility index (Phi) is 6.77. The van der Waals surface area contributed by atoms with Crippen molar-refractivity contribution in [2.75, 3.05) is 20.1 Å². The summed E-state index contributed by atoms with van der Waals surface area (Å²) in [6.07, 6.45) is 3.84. The fraction of sp³-hybridized carbons (Fsp3) is 0.429. The molecule has 2 nitrogen and oxygen atoms in total. The Morgan fingerprint density at radius 2 is 1.80 bits per heavy atom. The van der Waals surface area contributed by atoms with Crippen molar-refractivity contribution in [1.29, 1.82) is 0 Å². The Morgan fingerprint density at radius 1 is 1.04 bits per heavy atom. The lowest BCUT2D eigenvalue weighted by atomic mass is 10.1. The molecule has 1 aliphatic heterocycles. The van der Waals surface area contributed by atoms with Gasteiger partial charge in [0.15, 0.2) is 0 Å². The molecule has 0 unspecified atom stereocenters. The lowest BCUT2D eigenvalue weighted by molar-refractivity contribution is 0.211. The highest BCUT2D eigenvalue weighted by atomic mass is 35.5. The van der Waals surface area contributed by atoms with Gasteiger partial charge >= 0.3 is 0 Å². The third-order valence-electron chi connectivity index (χ3n) is 5.12. The van der Waals surface area contributed by atoms with Crippen LogP contribution in [0.15, 0.2) is 48.5 Å². The zero-order chi connectivity index (χ0) is 17.6. The number of likely N-dealkylation sites (tertiary alicyclic amines) is 1. The second kappa shape index (κ2) is 9.05. The normalized spacial score (nSPS) is 18.2. The van der Waals surface area contributed by atoms with Crippen molar-refractivity contribution in [2.45, 2.75) is 38.4 Å². The molecule has 1 heterocycles. The smallest absolute Gasteiger partial charge is 0.0451 e. The molecule has 1 saturated heterocycles. The highest BCUT2D eigenvalue weighted by Gasteiger charge is 2.21. The molecule has 2 aromatic rings. The summed E-state index contributed by atoms with van der Waals surface area (Å²) in [5.74, 6) is 0. The van der Waals surface area contributed by atoms with E-state index in [0.717, 1.165) is 29.7 Å². The SMILES string of the molecule is CN1CCC[C@H]1CCN(Cc1ccc(Cl)cc1)Cc1ccccc1Cl. The largest absolute Gasteiger partial charge is 0.303 e. The minimum absolute atomic E-state index is 0.707. The fourth-order valence-corrected chi connectivity index (χ4v) is 3.93. The second-order valence-electron chi connectivity index (χ2n) is 6.99. The molecule has 4 heteroatoms. The summed E-state index contributed by atoms with van der Waals surface area (Å²) >= 11 is 12.4. The van der Waals surface area contributed by atoms with Crippen molar-refractivity contribution in [3.05, 3.63) is 69.7 Å². The maximum absolute atomic E-state index is 6.39. The zero-order valence-electron chi connectivity index (χ0n) is 14.8. The summed E-state index contributed by atoms with van der Waals surface area (Å²) < 4.78 is 0. The van der Waals surface area contributed by atoms with Gasteiger partial charge in [-0.2, -0.15) is 0 Å². The molecule has 0 aliphatic carbocycles. The minimum atomic E-state index is 0.707. The number of nitrogens with zero attached hydrogens (tertiary/aromatic N) is 2. The average molecular weight is 377 g/mol. The summed E-state index contributed by atoms with van der Waals surface area (Å²) in [5, 5.41) is 1.63. The predicted molar refractivity (Wildman–Crippen MR) is 107 cm³/mol. The molecule has 0 radical (unpaired) electrons. The minimum Gasteiger partial charge on any atom is -0.303 e. The third-order valence-corrected chi connectivity index (χ3v) is 5.74. The fourth-order valence-electron chi connectivity index (χ4n) is 3.61. The van der Waals surface area contributed by atoms with Gasteiger partial charge in [0.1, 0.15) is 0 Å². The summed E-state index contributed by atoms with van der Waals surface area (Å²) in [6.45, 7) is 4.09. The van der Waals surface area contributed by atoms with Gasteiger partial charge in [-0.3, -0.25) is 4.90 Å². The molecule has 0 aromatic heterocycles. The lowest BCUT2D eigenvalue weighted by Gasteiger charge is -2.27. The van der Waals surface area contributed by atoms with Crippen LogP contribution >= 0.6 is 23.2 Å². The van der Waals surface area contributed by atoms with Crippen molar-refractivity contribution in [1.82, 2.24) is 9.80 Å². The summed E-state index contributed by atoms with van der Waals surface area (Å²) in [4.78, 5) is 4.99. The molecule has 0 amide bonds. The van der Waals surface area contributed by atoms with E-state index in [0.29, 0.717) is 6.04 Å². The third kappa shape index (κ3) is 5.46. The monoisotopic (exact) mass is 376 g/mol. The summed E-state index contributed by atoms with van der Waals surface area (Å²) in [6, 6.07) is 17.0. The van der Waals surface area contributed by atoms with Crippen LogP contribution in [0.5, 0.6) is 0 Å². The molecule has 2 aromatic carbocycles. The molecule has 25 heavy (non-hydrogen) atoms. The predicted octanol–water partition coefficient (Wildman–Crippen LogP) is 5.48. The van der Waals surface area contributed by atoms with Gasteiger partial charge in [0.05, 0.1) is 0 Å². The molecule has 1 atom stereocenters. The van der Waals surface area contributed by atoms with Crippen molar-refractivity contribution in [3.63, 3.8) is 0 Å². The van der Waals surface area contributed by atoms with Crippen LogP contribution < -0.4 is 0 Å². The molecule has 134 valence electrons. The zero-order valence-corrected chi connectivity index (χ0v) is 16.3. The first-order valence-electron chi connectivity index (χ1n) is 9.02. The maximum atomic E-state index is 6.39. The molecule has 0 bridgehead atoms. The quantitative estimate of drug-likeness (QED) is 0.630. The second-order valence-corrected chi connectivity index (χ2v) is 7.84. The Bertz CT molecular complexity index is 672. The van der Waals surface area contributed by atoms with Crippen molar-refractivity contribution < 1.29 is 0 Å². The highest BCUT2D eigenvalue weighted by Crippen LogP contribution is 2.22. The molecule has 1 aliphatic rings. The van der Waals surface area contributed by atoms with Crippen molar-refractivity contribution in [3.8, 4) is 0 Å². The van der Waals surface area contributed by atoms with Crippen LogP contribution in [-0.2, 0) is 13.1 Å². The van der Waals surface area contributed by atoms with Crippen LogP contribution in [0.1, 0.15) is 30.4 Å². The number of halogens is 2. The van der Waals surface area contributed by atoms with Crippen LogP contribution in [0, 0.1) is 0 Å². The molecule has 0 saturated carbocycles. The van der Waals surface area contributed by atoms with Gasteiger partial charge < -0.3 is 4.90 Å². The van der Waals surface area contributed by atoms with E-state index < -0.39 is 0 Å². The van der Waals surface area contributed by atoms with E-state index in [-0.39, 0.29) is 0 Å². The molecule has 3 rings (SSSR count). The van der Waals surface area contributed by atoms with Gasteiger partial charge in [0.2, 0.25) is 0 Å². The average Bonchev–Trinajstić information content (AvgIpc) is 3.02. The van der Waals surface area contributed by atoms with E-state index in [1.54, 1.807) is 0 Å². The Labute approximate surface area is 161 Å². The Hall–Kier alpha value is -1.06. The van der Waals surface area contributed by atoms with Crippen molar-refractivity contribution >= 4 is 23.2 Å². The first kappa shape index (κ1) is 18.7. The van der Waals surface area contributed by atoms with Crippen molar-refractivity contribution in [2.24, 2.45) is 0 Å². The number of hydrogen-bond acceptors (Lipinski definition) is 2. The number of hydrogen-bond donors (Lipinski definition) is 0. The molecule has 0 spiro atoms. The summed E-state index contributed by atoms with van der Waals surface area (Å²) in [7, 11) is 2.25. The van der Waals surface area contributed by atoms with Gasteiger partial charge in [-0.05, 0) is 62.2 Å². The van der Waals surface area contributed by atoms with E-state index in [1.165, 1.54) is 36.9 Å². The van der Waals surface area contributed by atoms with Crippen LogP contribution in [-0.4, -0.2) is 36.0 Å². The Balaban J connectivity index is 1.68. The van der Waals surface area contributed by atoms with Crippen LogP contribution in [0.3, 0.4) is 0 Å². The first-order valence-corrected chi connectivity index (χ1v) is 9.78. The summed E-state index contributed by atoms with van der Waals surface area (Å²) in [5.41, 5.74) is 2.48. The number of rotatable bonds is 7. The van der Waals surface area contributed by atoms with E-state index >= 15 is 0 Å². The van der Waals surface area contributed by atoms with E-state index in [4.69, 9.17) is 23.2 Å². The lowest BCUT2D eigenvalue weighted by Crippen LogP contribution is -2.31. The number of benzene rings is 2. The van der Waals surface area contributed by atoms with Gasteiger partial charge in [0, 0.05) is 35.7 Å². The molecule has 0 N–H and O–H groups in total. The van der Waals surface area contributed by atoms with Gasteiger partial charge in [-0.25, -0.2) is 0 Å². The molecular weight excluding hydrogens is 351 g/mol. The van der Waals surface area contributed by atoms with Gasteiger partial charge in [-0.1, -0.05) is 53.5 Å². The van der Waals surface area contributed by atoms with Gasteiger partial charge in [-0.15, -0.1) is 0 Å². The van der Waals surface area contributed by atoms with Gasteiger partial charge in [0.25, 0.3) is 0 Å². The highest BCUT2D eigenvalue weighted by molar-refractivity contribution is 6.31. The molecular formula is C21H26Cl2N2. The Morgan fingerprint density at radius 3 is 2.48 bits per heavy atom. The molecule has 1 fully saturated rings. The van der Waals surface area contributed by atoms with Crippen LogP contribution in [0.2, 0.25) is 10.0 Å². The van der Waals surface area contributed by atoms with Crippen LogP contribution in [0.4, 0.5) is 0 Å². The first-order chi connectivity index (χ1) is 12.1. The maximum Gasteiger partial charge on any atom is 0.0451 e. The van der Waals surface area contributed by atoms with E-state index in [1.807, 2.05) is 24.3 Å².